The zero-order chi connectivity index (χ0) is 16.0. The van der Waals surface area contributed by atoms with Crippen molar-refractivity contribution < 1.29 is 28.6 Å². The number of esters is 1. The number of halogens is 1. The fraction of sp³-hybridized carbons (Fsp3) is 0.308. The van der Waals surface area contributed by atoms with Crippen LogP contribution in [0.3, 0.4) is 0 Å². The first-order valence-electron chi connectivity index (χ1n) is 6.05. The average Bonchev–Trinajstić information content (AvgIpc) is 2.38. The highest BCUT2D eigenvalue weighted by molar-refractivity contribution is 5.93. The predicted octanol–water partition coefficient (Wildman–Crippen LogP) is 1.55. The lowest BCUT2D eigenvalue weighted by atomic mass is 10.2. The normalized spacial score (nSPS) is 9.86. The molecule has 0 unspecified atom stereocenters. The average molecular weight is 298 g/mol. The lowest BCUT2D eigenvalue weighted by Crippen LogP contribution is -2.36. The van der Waals surface area contributed by atoms with Gasteiger partial charge in [-0.3, -0.25) is 4.79 Å². The van der Waals surface area contributed by atoms with E-state index in [1.54, 1.807) is 6.92 Å². The molecule has 8 heteroatoms. The second-order valence-electron chi connectivity index (χ2n) is 4.09. The van der Waals surface area contributed by atoms with E-state index in [0.717, 1.165) is 17.0 Å². The number of amides is 2. The van der Waals surface area contributed by atoms with Gasteiger partial charge in [-0.1, -0.05) is 0 Å². The van der Waals surface area contributed by atoms with Gasteiger partial charge in [0.05, 0.1) is 12.2 Å². The van der Waals surface area contributed by atoms with E-state index >= 15 is 0 Å². The first-order chi connectivity index (χ1) is 9.85. The van der Waals surface area contributed by atoms with E-state index in [1.165, 1.54) is 13.1 Å². The molecule has 0 saturated heterocycles. The van der Waals surface area contributed by atoms with Crippen molar-refractivity contribution in [1.82, 2.24) is 4.90 Å². The molecule has 7 nitrogen and oxygen atoms in total. The highest BCUT2D eigenvalue weighted by Crippen LogP contribution is 2.15. The molecular formula is C13H15FN2O5. The van der Waals surface area contributed by atoms with Gasteiger partial charge >= 0.3 is 18.0 Å². The molecule has 2 N–H and O–H groups in total. The van der Waals surface area contributed by atoms with Gasteiger partial charge in [0.2, 0.25) is 0 Å². The van der Waals surface area contributed by atoms with Gasteiger partial charge in [0.25, 0.3) is 0 Å². The number of anilines is 1. The number of benzene rings is 1. The molecule has 1 rings (SSSR count). The van der Waals surface area contributed by atoms with E-state index in [4.69, 9.17) is 5.11 Å². The van der Waals surface area contributed by atoms with E-state index in [9.17, 15) is 18.8 Å². The van der Waals surface area contributed by atoms with Crippen LogP contribution >= 0.6 is 0 Å². The number of carboxylic acids is 1. The summed E-state index contributed by atoms with van der Waals surface area (Å²) in [6, 6.07) is 2.53. The van der Waals surface area contributed by atoms with Crippen molar-refractivity contribution in [2.24, 2.45) is 0 Å². The van der Waals surface area contributed by atoms with Crippen molar-refractivity contribution >= 4 is 23.7 Å². The Morgan fingerprint density at radius 2 is 2.05 bits per heavy atom. The molecule has 0 aliphatic carbocycles. The second kappa shape index (κ2) is 7.22. The molecular weight excluding hydrogens is 283 g/mol. The predicted molar refractivity (Wildman–Crippen MR) is 71.6 cm³/mol. The summed E-state index contributed by atoms with van der Waals surface area (Å²) in [5.74, 6) is -2.93. The van der Waals surface area contributed by atoms with Crippen LogP contribution in [0.1, 0.15) is 17.3 Å². The molecule has 0 atom stereocenters. The van der Waals surface area contributed by atoms with Crippen molar-refractivity contribution in [3.63, 3.8) is 0 Å². The van der Waals surface area contributed by atoms with E-state index in [-0.39, 0.29) is 18.8 Å². The minimum Gasteiger partial charge on any atom is -0.478 e. The molecule has 1 aromatic carbocycles. The number of hydrogen-bond donors (Lipinski definition) is 2. The minimum absolute atomic E-state index is 0.0817. The summed E-state index contributed by atoms with van der Waals surface area (Å²) in [6.45, 7) is 1.59. The Morgan fingerprint density at radius 3 is 2.57 bits per heavy atom. The number of carbonyl (C=O) groups is 3. The molecule has 2 amide bonds. The third kappa shape index (κ3) is 4.75. The van der Waals surface area contributed by atoms with Gasteiger partial charge in [0.1, 0.15) is 12.4 Å². The Kier molecular flexibility index (Phi) is 5.65. The third-order valence-electron chi connectivity index (χ3n) is 2.47. The Labute approximate surface area is 120 Å². The van der Waals surface area contributed by atoms with Crippen LogP contribution in [0.15, 0.2) is 18.2 Å². The number of aromatic carboxylic acids is 1. The van der Waals surface area contributed by atoms with Crippen LogP contribution in [-0.2, 0) is 9.53 Å². The third-order valence-corrected chi connectivity index (χ3v) is 2.47. The quantitative estimate of drug-likeness (QED) is 0.804. The zero-order valence-electron chi connectivity index (χ0n) is 11.6. The number of carboxylic acid groups (broad SMARTS) is 1. The number of hydrogen-bond acceptors (Lipinski definition) is 4. The summed E-state index contributed by atoms with van der Waals surface area (Å²) in [5.41, 5.74) is -0.411. The molecule has 0 spiro atoms. The first kappa shape index (κ1) is 16.4. The maximum Gasteiger partial charge on any atom is 0.338 e. The van der Waals surface area contributed by atoms with Crippen LogP contribution in [0, 0.1) is 5.82 Å². The summed E-state index contributed by atoms with van der Waals surface area (Å²) in [7, 11) is 1.37. The molecule has 0 saturated carbocycles. The first-order valence-corrected chi connectivity index (χ1v) is 6.05. The number of rotatable bonds is 5. The monoisotopic (exact) mass is 298 g/mol. The highest BCUT2D eigenvalue weighted by Gasteiger charge is 2.15. The Morgan fingerprint density at radius 1 is 1.38 bits per heavy atom. The van der Waals surface area contributed by atoms with Crippen molar-refractivity contribution in [3.8, 4) is 0 Å². The fourth-order valence-corrected chi connectivity index (χ4v) is 1.46. The lowest BCUT2D eigenvalue weighted by molar-refractivity contribution is -0.143. The summed E-state index contributed by atoms with van der Waals surface area (Å²) in [4.78, 5) is 34.7. The van der Waals surface area contributed by atoms with Crippen molar-refractivity contribution in [3.05, 3.63) is 29.6 Å². The van der Waals surface area contributed by atoms with E-state index < -0.39 is 29.4 Å². The van der Waals surface area contributed by atoms with Gasteiger partial charge in [-0.15, -0.1) is 0 Å². The molecule has 0 aliphatic heterocycles. The molecule has 0 aromatic heterocycles. The number of urea groups is 1. The van der Waals surface area contributed by atoms with Crippen molar-refractivity contribution in [2.45, 2.75) is 6.92 Å². The Balaban J connectivity index is 2.68. The molecule has 0 fully saturated rings. The van der Waals surface area contributed by atoms with Crippen LogP contribution in [0.2, 0.25) is 0 Å². The van der Waals surface area contributed by atoms with E-state index in [2.05, 4.69) is 10.1 Å². The summed E-state index contributed by atoms with van der Waals surface area (Å²) < 4.78 is 18.1. The van der Waals surface area contributed by atoms with Crippen LogP contribution in [-0.4, -0.2) is 48.2 Å². The Hall–Kier alpha value is -2.64. The number of ether oxygens (including phenoxy) is 1. The maximum atomic E-state index is 13.4. The number of carbonyl (C=O) groups excluding carboxylic acids is 2. The Bertz CT molecular complexity index is 561. The number of nitrogens with zero attached hydrogens (tertiary/aromatic N) is 1. The summed E-state index contributed by atoms with van der Waals surface area (Å²) in [6.07, 6.45) is 0. The van der Waals surface area contributed by atoms with E-state index in [0.29, 0.717) is 0 Å². The minimum atomic E-state index is -1.40. The largest absolute Gasteiger partial charge is 0.478 e. The van der Waals surface area contributed by atoms with Crippen molar-refractivity contribution in [2.75, 3.05) is 25.5 Å². The standard InChI is InChI=1S/C13H15FN2O5/c1-3-21-11(17)7-16(2)13(20)15-8-4-5-9(12(18)19)10(14)6-8/h4-6H,3,7H2,1-2H3,(H,15,20)(H,18,19). The summed E-state index contributed by atoms with van der Waals surface area (Å²) in [5, 5.41) is 11.0. The van der Waals surface area contributed by atoms with Gasteiger partial charge in [-0.25, -0.2) is 14.0 Å². The lowest BCUT2D eigenvalue weighted by Gasteiger charge is -2.17. The zero-order valence-corrected chi connectivity index (χ0v) is 11.6. The van der Waals surface area contributed by atoms with Crippen LogP contribution < -0.4 is 5.32 Å². The fourth-order valence-electron chi connectivity index (χ4n) is 1.46. The van der Waals surface area contributed by atoms with Crippen LogP contribution in [0.5, 0.6) is 0 Å². The topological polar surface area (TPSA) is 95.9 Å². The van der Waals surface area contributed by atoms with Crippen LogP contribution in [0.4, 0.5) is 14.9 Å². The van der Waals surface area contributed by atoms with Gasteiger partial charge in [-0.2, -0.15) is 0 Å². The van der Waals surface area contributed by atoms with Crippen molar-refractivity contribution in [1.29, 1.82) is 0 Å². The van der Waals surface area contributed by atoms with E-state index in [1.807, 2.05) is 0 Å². The van der Waals surface area contributed by atoms with Crippen LogP contribution in [0.25, 0.3) is 0 Å². The summed E-state index contributed by atoms with van der Waals surface area (Å²) >= 11 is 0. The molecule has 0 heterocycles. The second-order valence-corrected chi connectivity index (χ2v) is 4.09. The SMILES string of the molecule is CCOC(=O)CN(C)C(=O)Nc1ccc(C(=O)O)c(F)c1. The molecule has 21 heavy (non-hydrogen) atoms. The number of nitrogens with one attached hydrogen (secondary N) is 1. The molecule has 0 bridgehead atoms. The van der Waals surface area contributed by atoms with Gasteiger partial charge in [-0.05, 0) is 25.1 Å². The maximum absolute atomic E-state index is 13.4. The molecule has 0 aliphatic rings. The van der Waals surface area contributed by atoms with Gasteiger partial charge < -0.3 is 20.1 Å². The molecule has 1 aromatic rings. The van der Waals surface area contributed by atoms with Gasteiger partial charge in [0, 0.05) is 12.7 Å². The highest BCUT2D eigenvalue weighted by atomic mass is 19.1. The molecule has 114 valence electrons. The smallest absolute Gasteiger partial charge is 0.338 e. The number of likely N-dealkylation sites (N-methyl/N-ethyl adjacent to an activating group) is 1. The van der Waals surface area contributed by atoms with Gasteiger partial charge in [0.15, 0.2) is 0 Å². The molecule has 0 radical (unpaired) electrons.